The van der Waals surface area contributed by atoms with E-state index in [9.17, 15) is 4.79 Å². The molecule has 1 heterocycles. The van der Waals surface area contributed by atoms with Gasteiger partial charge in [0.1, 0.15) is 0 Å². The van der Waals surface area contributed by atoms with Crippen LogP contribution in [0.5, 0.6) is 0 Å². The molecule has 1 fully saturated rings. The smallest absolute Gasteiger partial charge is 0.207 e. The van der Waals surface area contributed by atoms with Crippen molar-refractivity contribution in [1.82, 2.24) is 10.2 Å². The summed E-state index contributed by atoms with van der Waals surface area (Å²) in [7, 11) is 0. The van der Waals surface area contributed by atoms with Gasteiger partial charge >= 0.3 is 0 Å². The van der Waals surface area contributed by atoms with Crippen LogP contribution in [-0.2, 0) is 11.3 Å². The predicted octanol–water partition coefficient (Wildman–Crippen LogP) is 1.01. The van der Waals surface area contributed by atoms with Crippen molar-refractivity contribution in [3.8, 4) is 0 Å². The second-order valence-electron chi connectivity index (χ2n) is 3.99. The summed E-state index contributed by atoms with van der Waals surface area (Å²) in [4.78, 5) is 12.7. The van der Waals surface area contributed by atoms with Crippen molar-refractivity contribution >= 4 is 6.41 Å². The SMILES string of the molecule is O=CN[C@@H]1CCN(Cc2ccccc2)C1. The van der Waals surface area contributed by atoms with Crippen molar-refractivity contribution < 1.29 is 4.79 Å². The van der Waals surface area contributed by atoms with Crippen LogP contribution in [0.4, 0.5) is 0 Å². The van der Waals surface area contributed by atoms with Crippen LogP contribution >= 0.6 is 0 Å². The maximum Gasteiger partial charge on any atom is 0.207 e. The van der Waals surface area contributed by atoms with E-state index in [0.717, 1.165) is 32.5 Å². The molecule has 80 valence electrons. The molecule has 1 N–H and O–H groups in total. The molecular weight excluding hydrogens is 188 g/mol. The van der Waals surface area contributed by atoms with Crippen LogP contribution in [0.15, 0.2) is 30.3 Å². The molecule has 15 heavy (non-hydrogen) atoms. The summed E-state index contributed by atoms with van der Waals surface area (Å²) in [6, 6.07) is 10.8. The molecule has 3 heteroatoms. The Balaban J connectivity index is 1.85. The molecule has 1 aromatic rings. The molecule has 0 radical (unpaired) electrons. The molecule has 1 atom stereocenters. The van der Waals surface area contributed by atoms with E-state index in [4.69, 9.17) is 0 Å². The van der Waals surface area contributed by atoms with Crippen LogP contribution < -0.4 is 5.32 Å². The van der Waals surface area contributed by atoms with E-state index in [0.29, 0.717) is 6.04 Å². The summed E-state index contributed by atoms with van der Waals surface area (Å²) in [6.07, 6.45) is 1.86. The first-order valence-electron chi connectivity index (χ1n) is 5.34. The van der Waals surface area contributed by atoms with Crippen LogP contribution in [0.25, 0.3) is 0 Å². The van der Waals surface area contributed by atoms with Crippen LogP contribution in [0, 0.1) is 0 Å². The van der Waals surface area contributed by atoms with E-state index in [1.807, 2.05) is 6.07 Å². The molecule has 0 aliphatic carbocycles. The molecule has 0 bridgehead atoms. The van der Waals surface area contributed by atoms with Gasteiger partial charge in [-0.2, -0.15) is 0 Å². The Kier molecular flexibility index (Phi) is 3.35. The zero-order chi connectivity index (χ0) is 10.5. The largest absolute Gasteiger partial charge is 0.355 e. The van der Waals surface area contributed by atoms with Gasteiger partial charge in [-0.3, -0.25) is 9.69 Å². The zero-order valence-corrected chi connectivity index (χ0v) is 8.73. The lowest BCUT2D eigenvalue weighted by atomic mass is 10.2. The van der Waals surface area contributed by atoms with E-state index in [2.05, 4.69) is 34.5 Å². The third-order valence-electron chi connectivity index (χ3n) is 2.83. The van der Waals surface area contributed by atoms with Crippen molar-refractivity contribution in [3.05, 3.63) is 35.9 Å². The fraction of sp³-hybridized carbons (Fsp3) is 0.417. The second kappa shape index (κ2) is 4.94. The summed E-state index contributed by atoms with van der Waals surface area (Å²) >= 11 is 0. The first-order valence-corrected chi connectivity index (χ1v) is 5.34. The van der Waals surface area contributed by atoms with Gasteiger partial charge in [0.25, 0.3) is 0 Å². The highest BCUT2D eigenvalue weighted by Crippen LogP contribution is 2.12. The minimum atomic E-state index is 0.339. The van der Waals surface area contributed by atoms with Crippen LogP contribution in [0.3, 0.4) is 0 Å². The molecule has 1 aliphatic rings. The lowest BCUT2D eigenvalue weighted by molar-refractivity contribution is -0.110. The summed E-state index contributed by atoms with van der Waals surface area (Å²) in [5.74, 6) is 0. The maximum atomic E-state index is 10.3. The highest BCUT2D eigenvalue weighted by Gasteiger charge is 2.21. The van der Waals surface area contributed by atoms with Gasteiger partial charge in [-0.15, -0.1) is 0 Å². The van der Waals surface area contributed by atoms with Crippen LogP contribution in [0.2, 0.25) is 0 Å². The molecule has 1 saturated heterocycles. The summed E-state index contributed by atoms with van der Waals surface area (Å²) in [5, 5.41) is 2.84. The molecule has 2 rings (SSSR count). The molecule has 3 nitrogen and oxygen atoms in total. The monoisotopic (exact) mass is 204 g/mol. The van der Waals surface area contributed by atoms with Crippen molar-refractivity contribution in [3.63, 3.8) is 0 Å². The van der Waals surface area contributed by atoms with Crippen molar-refractivity contribution in [2.75, 3.05) is 13.1 Å². The van der Waals surface area contributed by atoms with E-state index in [1.54, 1.807) is 0 Å². The second-order valence-corrected chi connectivity index (χ2v) is 3.99. The van der Waals surface area contributed by atoms with E-state index < -0.39 is 0 Å². The average molecular weight is 204 g/mol. The first kappa shape index (κ1) is 10.2. The molecule has 0 aromatic heterocycles. The quantitative estimate of drug-likeness (QED) is 0.742. The standard InChI is InChI=1S/C12H16N2O/c15-10-13-12-6-7-14(9-12)8-11-4-2-1-3-5-11/h1-5,10,12H,6-9H2,(H,13,15)/t12-/m1/s1. The minimum Gasteiger partial charge on any atom is -0.355 e. The highest BCUT2D eigenvalue weighted by atomic mass is 16.1. The Morgan fingerprint density at radius 1 is 1.40 bits per heavy atom. The van der Waals surface area contributed by atoms with Gasteiger partial charge in [-0.25, -0.2) is 0 Å². The predicted molar refractivity (Wildman–Crippen MR) is 59.3 cm³/mol. The van der Waals surface area contributed by atoms with Gasteiger partial charge in [0.2, 0.25) is 6.41 Å². The van der Waals surface area contributed by atoms with Gasteiger partial charge in [0, 0.05) is 25.7 Å². The Bertz CT molecular complexity index is 313. The topological polar surface area (TPSA) is 32.3 Å². The van der Waals surface area contributed by atoms with Crippen molar-refractivity contribution in [1.29, 1.82) is 0 Å². The highest BCUT2D eigenvalue weighted by molar-refractivity contribution is 5.46. The van der Waals surface area contributed by atoms with Crippen molar-refractivity contribution in [2.45, 2.75) is 19.0 Å². The van der Waals surface area contributed by atoms with Crippen LogP contribution in [-0.4, -0.2) is 30.4 Å². The molecule has 1 amide bonds. The van der Waals surface area contributed by atoms with E-state index in [1.165, 1.54) is 5.56 Å². The molecule has 0 saturated carbocycles. The average Bonchev–Trinajstić information content (AvgIpc) is 2.68. The fourth-order valence-electron chi connectivity index (χ4n) is 2.05. The maximum absolute atomic E-state index is 10.3. The number of likely N-dealkylation sites (tertiary alicyclic amines) is 1. The number of hydrogen-bond donors (Lipinski definition) is 1. The Morgan fingerprint density at radius 3 is 2.93 bits per heavy atom. The zero-order valence-electron chi connectivity index (χ0n) is 8.73. The Labute approximate surface area is 90.1 Å². The molecule has 1 aromatic carbocycles. The van der Waals surface area contributed by atoms with Crippen molar-refractivity contribution in [2.24, 2.45) is 0 Å². The lowest BCUT2D eigenvalue weighted by Gasteiger charge is -2.15. The number of nitrogens with one attached hydrogen (secondary N) is 1. The molecule has 0 spiro atoms. The number of amides is 1. The lowest BCUT2D eigenvalue weighted by Crippen LogP contribution is -2.31. The van der Waals surface area contributed by atoms with Gasteiger partial charge in [0.05, 0.1) is 0 Å². The number of carbonyl (C=O) groups excluding carboxylic acids is 1. The van der Waals surface area contributed by atoms with Gasteiger partial charge in [-0.1, -0.05) is 30.3 Å². The van der Waals surface area contributed by atoms with E-state index >= 15 is 0 Å². The van der Waals surface area contributed by atoms with Gasteiger partial charge < -0.3 is 5.32 Å². The van der Waals surface area contributed by atoms with Gasteiger partial charge in [-0.05, 0) is 12.0 Å². The number of benzene rings is 1. The fourth-order valence-corrected chi connectivity index (χ4v) is 2.05. The molecule has 1 aliphatic heterocycles. The summed E-state index contributed by atoms with van der Waals surface area (Å²) < 4.78 is 0. The normalized spacial score (nSPS) is 21.5. The summed E-state index contributed by atoms with van der Waals surface area (Å²) in [6.45, 7) is 3.02. The first-order chi connectivity index (χ1) is 7.38. The third kappa shape index (κ3) is 2.80. The Hall–Kier alpha value is -1.35. The number of hydrogen-bond acceptors (Lipinski definition) is 2. The number of nitrogens with zero attached hydrogens (tertiary/aromatic N) is 1. The number of rotatable bonds is 4. The summed E-state index contributed by atoms with van der Waals surface area (Å²) in [5.41, 5.74) is 1.34. The molecule has 0 unspecified atom stereocenters. The number of carbonyl (C=O) groups is 1. The van der Waals surface area contributed by atoms with Crippen LogP contribution in [0.1, 0.15) is 12.0 Å². The third-order valence-corrected chi connectivity index (χ3v) is 2.83. The van der Waals surface area contributed by atoms with Gasteiger partial charge in [0.15, 0.2) is 0 Å². The Morgan fingerprint density at radius 2 is 2.20 bits per heavy atom. The minimum absolute atomic E-state index is 0.339. The molecular formula is C12H16N2O. The van der Waals surface area contributed by atoms with E-state index in [-0.39, 0.29) is 0 Å².